The zero-order valence-corrected chi connectivity index (χ0v) is 31.6. The molecule has 2 amide bonds. The summed E-state index contributed by atoms with van der Waals surface area (Å²) in [6.07, 6.45) is 0. The molecule has 2 aromatic carbocycles. The average Bonchev–Trinajstić information content (AvgIpc) is 3.57. The van der Waals surface area contributed by atoms with Crippen molar-refractivity contribution in [3.63, 3.8) is 0 Å². The highest BCUT2D eigenvalue weighted by atomic mass is 16.5. The largest absolute Gasteiger partial charge is 0.497 e. The number of hydrogen-bond donors (Lipinski definition) is 0. The van der Waals surface area contributed by atoms with E-state index in [2.05, 4.69) is 10.2 Å². The summed E-state index contributed by atoms with van der Waals surface area (Å²) >= 11 is 0. The normalized spacial score (nSPS) is 12.2. The highest BCUT2D eigenvalue weighted by molar-refractivity contribution is 6.09. The number of aromatic nitrogens is 4. The Morgan fingerprint density at radius 1 is 0.640 bits per heavy atom. The summed E-state index contributed by atoms with van der Waals surface area (Å²) in [7, 11) is 3.12. The number of amides is 2. The molecule has 4 aromatic rings. The summed E-state index contributed by atoms with van der Waals surface area (Å²) < 4.78 is 14.0. The van der Waals surface area contributed by atoms with Gasteiger partial charge in [0.15, 0.2) is 11.6 Å². The van der Waals surface area contributed by atoms with Crippen LogP contribution < -0.4 is 9.47 Å². The average molecular weight is 689 g/mol. The van der Waals surface area contributed by atoms with Gasteiger partial charge in [0.05, 0.1) is 25.3 Å². The van der Waals surface area contributed by atoms with Gasteiger partial charge in [-0.2, -0.15) is 10.2 Å². The van der Waals surface area contributed by atoms with Crippen molar-refractivity contribution >= 4 is 45.2 Å². The number of carbonyl (C=O) groups excluding carboxylic acids is 4. The van der Waals surface area contributed by atoms with E-state index in [1.807, 2.05) is 69.2 Å². The third-order valence-electron chi connectivity index (χ3n) is 8.75. The zero-order valence-electron chi connectivity index (χ0n) is 31.6. The maximum atomic E-state index is 13.9. The third kappa shape index (κ3) is 8.00. The predicted octanol–water partition coefficient (Wildman–Crippen LogP) is 6.04. The van der Waals surface area contributed by atoms with Crippen LogP contribution in [0.2, 0.25) is 0 Å². The topological polar surface area (TPSA) is 129 Å². The first-order valence-corrected chi connectivity index (χ1v) is 17.1. The smallest absolute Gasteiger partial charge is 0.244 e. The summed E-state index contributed by atoms with van der Waals surface area (Å²) in [6.45, 7) is 19.1. The van der Waals surface area contributed by atoms with Crippen molar-refractivity contribution < 1.29 is 28.7 Å². The molecule has 0 aliphatic heterocycles. The number of benzene rings is 2. The van der Waals surface area contributed by atoms with Crippen LogP contribution in [0, 0.1) is 10.8 Å². The van der Waals surface area contributed by atoms with Crippen molar-refractivity contribution in [1.82, 2.24) is 29.4 Å². The standard InChI is InChI=1S/C38H52N6O6/c1-23(2)41(31(45)21-43-29-19-25(49-11)13-15-27(29)33(39-43)35(47)37(5,6)7)17-18-42(24(3)4)32(46)22-44-30-20-26(50-12)14-16-28(30)34(40-44)36(48)38(8,9)10/h13-16,19-20,23-24H,17-18,21-22H2,1-12H3. The highest BCUT2D eigenvalue weighted by Crippen LogP contribution is 2.30. The van der Waals surface area contributed by atoms with Gasteiger partial charge in [-0.3, -0.25) is 28.5 Å². The van der Waals surface area contributed by atoms with Crippen LogP contribution in [-0.4, -0.2) is 92.1 Å². The van der Waals surface area contributed by atoms with E-state index in [1.54, 1.807) is 69.8 Å². The number of methoxy groups -OCH3 is 2. The number of Topliss-reactive ketones (excluding diaryl/α,β-unsaturated/α-hetero) is 2. The second kappa shape index (κ2) is 14.6. The fourth-order valence-corrected chi connectivity index (χ4v) is 5.84. The number of rotatable bonds is 13. The van der Waals surface area contributed by atoms with E-state index < -0.39 is 10.8 Å². The molecule has 2 aromatic heterocycles. The molecule has 0 aliphatic carbocycles. The van der Waals surface area contributed by atoms with E-state index in [1.165, 1.54) is 0 Å². The van der Waals surface area contributed by atoms with Gasteiger partial charge in [-0.15, -0.1) is 0 Å². The maximum absolute atomic E-state index is 13.9. The summed E-state index contributed by atoms with van der Waals surface area (Å²) in [6, 6.07) is 10.4. The number of nitrogens with zero attached hydrogens (tertiary/aromatic N) is 6. The van der Waals surface area contributed by atoms with E-state index in [9.17, 15) is 19.2 Å². The van der Waals surface area contributed by atoms with Gasteiger partial charge in [-0.1, -0.05) is 41.5 Å². The summed E-state index contributed by atoms with van der Waals surface area (Å²) in [5, 5.41) is 10.6. The fourth-order valence-electron chi connectivity index (χ4n) is 5.84. The Morgan fingerprint density at radius 3 is 1.26 bits per heavy atom. The first-order valence-electron chi connectivity index (χ1n) is 17.1. The number of fused-ring (bicyclic) bond motifs is 2. The molecule has 0 bridgehead atoms. The Morgan fingerprint density at radius 2 is 0.980 bits per heavy atom. The molecule has 0 atom stereocenters. The van der Waals surface area contributed by atoms with Gasteiger partial charge in [0.1, 0.15) is 36.0 Å². The molecule has 0 spiro atoms. The van der Waals surface area contributed by atoms with Crippen LogP contribution in [0.4, 0.5) is 0 Å². The van der Waals surface area contributed by atoms with E-state index in [0.29, 0.717) is 44.7 Å². The van der Waals surface area contributed by atoms with Crippen molar-refractivity contribution in [2.45, 2.75) is 94.4 Å². The van der Waals surface area contributed by atoms with Crippen molar-refractivity contribution in [3.05, 3.63) is 47.8 Å². The van der Waals surface area contributed by atoms with E-state index in [4.69, 9.17) is 9.47 Å². The lowest BCUT2D eigenvalue weighted by atomic mass is 9.88. The third-order valence-corrected chi connectivity index (χ3v) is 8.75. The molecule has 0 fully saturated rings. The fraction of sp³-hybridized carbons (Fsp3) is 0.526. The van der Waals surface area contributed by atoms with Crippen molar-refractivity contribution in [2.24, 2.45) is 10.8 Å². The molecule has 50 heavy (non-hydrogen) atoms. The van der Waals surface area contributed by atoms with Gasteiger partial charge in [0, 0.05) is 58.9 Å². The van der Waals surface area contributed by atoms with Crippen LogP contribution in [0.1, 0.15) is 90.2 Å². The monoisotopic (exact) mass is 688 g/mol. The molecule has 4 rings (SSSR count). The highest BCUT2D eigenvalue weighted by Gasteiger charge is 2.31. The van der Waals surface area contributed by atoms with Gasteiger partial charge >= 0.3 is 0 Å². The molecule has 0 radical (unpaired) electrons. The van der Waals surface area contributed by atoms with E-state index in [0.717, 1.165) is 0 Å². The van der Waals surface area contributed by atoms with Crippen LogP contribution >= 0.6 is 0 Å². The molecule has 270 valence electrons. The Bertz CT molecular complexity index is 1770. The Labute approximate surface area is 294 Å². The zero-order chi connectivity index (χ0) is 37.3. The van der Waals surface area contributed by atoms with Gasteiger partial charge in [0.2, 0.25) is 11.8 Å². The van der Waals surface area contributed by atoms with Crippen LogP contribution in [0.3, 0.4) is 0 Å². The molecule has 0 saturated carbocycles. The van der Waals surface area contributed by atoms with Crippen molar-refractivity contribution in [3.8, 4) is 11.5 Å². The van der Waals surface area contributed by atoms with Gasteiger partial charge in [-0.05, 0) is 52.0 Å². The molecule has 0 unspecified atom stereocenters. The summed E-state index contributed by atoms with van der Waals surface area (Å²) in [5.74, 6) is 0.534. The molecular formula is C38H52N6O6. The number of ether oxygens (including phenoxy) is 2. The lowest BCUT2D eigenvalue weighted by molar-refractivity contribution is -0.138. The molecule has 0 saturated heterocycles. The van der Waals surface area contributed by atoms with Crippen molar-refractivity contribution in [1.29, 1.82) is 0 Å². The van der Waals surface area contributed by atoms with Crippen molar-refractivity contribution in [2.75, 3.05) is 27.3 Å². The predicted molar refractivity (Wildman–Crippen MR) is 194 cm³/mol. The summed E-state index contributed by atoms with van der Waals surface area (Å²) in [5.41, 5.74) is 0.551. The summed E-state index contributed by atoms with van der Waals surface area (Å²) in [4.78, 5) is 57.9. The van der Waals surface area contributed by atoms with E-state index in [-0.39, 0.29) is 61.6 Å². The second-order valence-corrected chi connectivity index (χ2v) is 15.3. The quantitative estimate of drug-likeness (QED) is 0.156. The molecule has 2 heterocycles. The minimum Gasteiger partial charge on any atom is -0.497 e. The number of ketones is 2. The van der Waals surface area contributed by atoms with Crippen LogP contribution in [-0.2, 0) is 22.7 Å². The van der Waals surface area contributed by atoms with Gasteiger partial charge in [-0.25, -0.2) is 0 Å². The molecule has 0 N–H and O–H groups in total. The first kappa shape index (κ1) is 38.1. The van der Waals surface area contributed by atoms with Gasteiger partial charge in [0.25, 0.3) is 0 Å². The lowest BCUT2D eigenvalue weighted by Gasteiger charge is -2.32. The van der Waals surface area contributed by atoms with Crippen LogP contribution in [0.15, 0.2) is 36.4 Å². The van der Waals surface area contributed by atoms with E-state index >= 15 is 0 Å². The number of hydrogen-bond acceptors (Lipinski definition) is 8. The molecular weight excluding hydrogens is 636 g/mol. The van der Waals surface area contributed by atoms with Crippen LogP contribution in [0.25, 0.3) is 21.8 Å². The Balaban J connectivity index is 1.59. The van der Waals surface area contributed by atoms with Gasteiger partial charge < -0.3 is 19.3 Å². The molecule has 12 nitrogen and oxygen atoms in total. The maximum Gasteiger partial charge on any atom is 0.244 e. The minimum absolute atomic E-state index is 0.0966. The second-order valence-electron chi connectivity index (χ2n) is 15.3. The van der Waals surface area contributed by atoms with Crippen LogP contribution in [0.5, 0.6) is 11.5 Å². The molecule has 12 heteroatoms. The number of carbonyl (C=O) groups is 4. The Hall–Kier alpha value is -4.74. The first-order chi connectivity index (χ1) is 23.3. The lowest BCUT2D eigenvalue weighted by Crippen LogP contribution is -2.47. The Kier molecular flexibility index (Phi) is 11.1. The molecule has 0 aliphatic rings. The minimum atomic E-state index is -0.662. The SMILES string of the molecule is COc1ccc2c(C(=O)C(C)(C)C)nn(CC(=O)N(CCN(C(=O)Cn3nc(C(=O)C(C)(C)C)c4ccc(OC)cc43)C(C)C)C(C)C)c2c1.